The van der Waals surface area contributed by atoms with Crippen molar-refractivity contribution in [2.45, 2.75) is 19.4 Å². The normalized spacial score (nSPS) is 14.9. The van der Waals surface area contributed by atoms with E-state index in [9.17, 15) is 0 Å². The van der Waals surface area contributed by atoms with Gasteiger partial charge in [-0.25, -0.2) is 0 Å². The Morgan fingerprint density at radius 3 is 2.47 bits per heavy atom. The van der Waals surface area contributed by atoms with E-state index in [4.69, 9.17) is 10.5 Å². The first-order valence-corrected chi connectivity index (χ1v) is 5.91. The molecule has 2 unspecified atom stereocenters. The third-order valence-electron chi connectivity index (χ3n) is 2.55. The highest BCUT2D eigenvalue weighted by molar-refractivity contribution is 9.10. The number of ether oxygens (including phenoxy) is 1. The lowest BCUT2D eigenvalue weighted by Gasteiger charge is -2.19. The van der Waals surface area contributed by atoms with Crippen LogP contribution in [0.5, 0.6) is 0 Å². The summed E-state index contributed by atoms with van der Waals surface area (Å²) < 4.78 is 6.20. The third kappa shape index (κ3) is 4.33. The molecule has 1 aromatic carbocycles. The molecule has 0 aliphatic carbocycles. The van der Waals surface area contributed by atoms with Crippen LogP contribution < -0.4 is 5.73 Å². The predicted molar refractivity (Wildman–Crippen MR) is 66.9 cm³/mol. The Kier molecular flexibility index (Phi) is 5.29. The summed E-state index contributed by atoms with van der Waals surface area (Å²) in [6, 6.07) is 8.45. The van der Waals surface area contributed by atoms with Gasteiger partial charge in [-0.15, -0.1) is 0 Å². The van der Waals surface area contributed by atoms with E-state index in [2.05, 4.69) is 35.0 Å². The van der Waals surface area contributed by atoms with Crippen molar-refractivity contribution >= 4 is 15.9 Å². The van der Waals surface area contributed by atoms with Gasteiger partial charge < -0.3 is 10.5 Å². The molecule has 0 fully saturated rings. The molecule has 0 bridgehead atoms. The van der Waals surface area contributed by atoms with E-state index < -0.39 is 0 Å². The maximum atomic E-state index is 6.08. The summed E-state index contributed by atoms with van der Waals surface area (Å²) in [5.41, 5.74) is 7.35. The van der Waals surface area contributed by atoms with Crippen molar-refractivity contribution in [2.75, 3.05) is 13.7 Å². The first-order chi connectivity index (χ1) is 7.13. The van der Waals surface area contributed by atoms with E-state index in [0.29, 0.717) is 5.92 Å². The van der Waals surface area contributed by atoms with Crippen molar-refractivity contribution in [1.29, 1.82) is 0 Å². The van der Waals surface area contributed by atoms with E-state index in [-0.39, 0.29) is 6.04 Å². The van der Waals surface area contributed by atoms with Gasteiger partial charge in [-0.05, 0) is 30.0 Å². The fourth-order valence-electron chi connectivity index (χ4n) is 1.48. The van der Waals surface area contributed by atoms with Gasteiger partial charge >= 0.3 is 0 Å². The van der Waals surface area contributed by atoms with Crippen LogP contribution in [0.1, 0.15) is 12.5 Å². The monoisotopic (exact) mass is 271 g/mol. The van der Waals surface area contributed by atoms with Gasteiger partial charge in [0.15, 0.2) is 0 Å². The van der Waals surface area contributed by atoms with Crippen LogP contribution in [-0.2, 0) is 11.2 Å². The fraction of sp³-hybridized carbons (Fsp3) is 0.500. The Balaban J connectivity index is 2.50. The van der Waals surface area contributed by atoms with Crippen LogP contribution in [0.4, 0.5) is 0 Å². The Labute approximate surface area is 99.9 Å². The summed E-state index contributed by atoms with van der Waals surface area (Å²) in [7, 11) is 1.71. The van der Waals surface area contributed by atoms with Gasteiger partial charge in [0.05, 0.1) is 6.61 Å². The van der Waals surface area contributed by atoms with Crippen molar-refractivity contribution in [1.82, 2.24) is 0 Å². The van der Waals surface area contributed by atoms with Crippen LogP contribution in [0.2, 0.25) is 0 Å². The van der Waals surface area contributed by atoms with E-state index >= 15 is 0 Å². The van der Waals surface area contributed by atoms with Crippen molar-refractivity contribution in [2.24, 2.45) is 11.7 Å². The average molecular weight is 272 g/mol. The molecule has 0 aliphatic rings. The lowest BCUT2D eigenvalue weighted by atomic mass is 9.96. The van der Waals surface area contributed by atoms with Gasteiger partial charge in [0, 0.05) is 17.6 Å². The lowest BCUT2D eigenvalue weighted by Crippen LogP contribution is -2.33. The van der Waals surface area contributed by atoms with Gasteiger partial charge in [0.2, 0.25) is 0 Å². The van der Waals surface area contributed by atoms with Crippen molar-refractivity contribution < 1.29 is 4.74 Å². The predicted octanol–water partition coefficient (Wildman–Crippen LogP) is 2.60. The number of methoxy groups -OCH3 is 1. The van der Waals surface area contributed by atoms with E-state index in [1.165, 1.54) is 5.56 Å². The quantitative estimate of drug-likeness (QED) is 0.894. The first-order valence-electron chi connectivity index (χ1n) is 5.12. The van der Waals surface area contributed by atoms with Crippen LogP contribution in [0.15, 0.2) is 28.7 Å². The zero-order valence-corrected chi connectivity index (χ0v) is 10.8. The van der Waals surface area contributed by atoms with Crippen LogP contribution in [0.25, 0.3) is 0 Å². The molecule has 0 amide bonds. The second-order valence-electron chi connectivity index (χ2n) is 3.93. The van der Waals surface area contributed by atoms with Gasteiger partial charge in [-0.3, -0.25) is 0 Å². The number of nitrogens with two attached hydrogens (primary N) is 1. The third-order valence-corrected chi connectivity index (χ3v) is 3.07. The molecule has 0 aromatic heterocycles. The standard InChI is InChI=1S/C12H18BrNO/c1-9(8-15-2)12(14)7-10-3-5-11(13)6-4-10/h3-6,9,12H,7-8,14H2,1-2H3. The van der Waals surface area contributed by atoms with Crippen molar-refractivity contribution in [3.8, 4) is 0 Å². The molecule has 1 aromatic rings. The Morgan fingerprint density at radius 2 is 1.93 bits per heavy atom. The van der Waals surface area contributed by atoms with Gasteiger partial charge in [0.1, 0.15) is 0 Å². The second-order valence-corrected chi connectivity index (χ2v) is 4.84. The molecule has 0 saturated carbocycles. The summed E-state index contributed by atoms with van der Waals surface area (Å²) in [6.07, 6.45) is 0.901. The maximum absolute atomic E-state index is 6.08. The molecular formula is C12H18BrNO. The summed E-state index contributed by atoms with van der Waals surface area (Å²) in [6.45, 7) is 2.84. The number of hydrogen-bond acceptors (Lipinski definition) is 2. The largest absolute Gasteiger partial charge is 0.384 e. The number of hydrogen-bond donors (Lipinski definition) is 1. The fourth-order valence-corrected chi connectivity index (χ4v) is 1.74. The minimum atomic E-state index is 0.158. The number of rotatable bonds is 5. The molecule has 2 N–H and O–H groups in total. The highest BCUT2D eigenvalue weighted by Gasteiger charge is 2.12. The molecule has 2 atom stereocenters. The van der Waals surface area contributed by atoms with Crippen LogP contribution in [0.3, 0.4) is 0 Å². The van der Waals surface area contributed by atoms with Crippen LogP contribution in [0, 0.1) is 5.92 Å². The second kappa shape index (κ2) is 6.26. The first kappa shape index (κ1) is 12.7. The minimum absolute atomic E-state index is 0.158. The van der Waals surface area contributed by atoms with Gasteiger partial charge in [-0.2, -0.15) is 0 Å². The summed E-state index contributed by atoms with van der Waals surface area (Å²) in [4.78, 5) is 0. The smallest absolute Gasteiger partial charge is 0.0502 e. The summed E-state index contributed by atoms with van der Waals surface area (Å²) >= 11 is 3.41. The Hall–Kier alpha value is -0.380. The zero-order valence-electron chi connectivity index (χ0n) is 9.24. The average Bonchev–Trinajstić information content (AvgIpc) is 2.22. The molecule has 1 rings (SSSR count). The molecule has 0 heterocycles. The van der Waals surface area contributed by atoms with Crippen LogP contribution in [-0.4, -0.2) is 19.8 Å². The molecule has 2 nitrogen and oxygen atoms in total. The number of halogens is 1. The molecular weight excluding hydrogens is 254 g/mol. The highest BCUT2D eigenvalue weighted by atomic mass is 79.9. The van der Waals surface area contributed by atoms with Crippen molar-refractivity contribution in [3.05, 3.63) is 34.3 Å². The SMILES string of the molecule is COCC(C)C(N)Cc1ccc(Br)cc1. The lowest BCUT2D eigenvalue weighted by molar-refractivity contribution is 0.147. The van der Waals surface area contributed by atoms with Gasteiger partial charge in [-0.1, -0.05) is 35.0 Å². The topological polar surface area (TPSA) is 35.2 Å². The zero-order chi connectivity index (χ0) is 11.3. The molecule has 15 heavy (non-hydrogen) atoms. The molecule has 0 spiro atoms. The molecule has 0 aliphatic heterocycles. The molecule has 84 valence electrons. The van der Waals surface area contributed by atoms with E-state index in [0.717, 1.165) is 17.5 Å². The summed E-state index contributed by atoms with van der Waals surface area (Å²) in [5, 5.41) is 0. The molecule has 3 heteroatoms. The van der Waals surface area contributed by atoms with Gasteiger partial charge in [0.25, 0.3) is 0 Å². The minimum Gasteiger partial charge on any atom is -0.384 e. The molecule has 0 radical (unpaired) electrons. The molecule has 0 saturated heterocycles. The van der Waals surface area contributed by atoms with Crippen LogP contribution >= 0.6 is 15.9 Å². The van der Waals surface area contributed by atoms with Crippen molar-refractivity contribution in [3.63, 3.8) is 0 Å². The maximum Gasteiger partial charge on any atom is 0.0502 e. The van der Waals surface area contributed by atoms with E-state index in [1.807, 2.05) is 12.1 Å². The highest BCUT2D eigenvalue weighted by Crippen LogP contribution is 2.13. The van der Waals surface area contributed by atoms with E-state index in [1.54, 1.807) is 7.11 Å². The Morgan fingerprint density at radius 1 is 1.33 bits per heavy atom. The summed E-state index contributed by atoms with van der Waals surface area (Å²) in [5.74, 6) is 0.388. The number of benzene rings is 1. The Bertz CT molecular complexity index is 286.